The van der Waals surface area contributed by atoms with Crippen molar-refractivity contribution in [1.82, 2.24) is 5.16 Å². The van der Waals surface area contributed by atoms with E-state index >= 15 is 0 Å². The molecule has 2 aromatic rings. The highest BCUT2D eigenvalue weighted by atomic mass is 79.9. The van der Waals surface area contributed by atoms with E-state index in [1.807, 2.05) is 0 Å². The van der Waals surface area contributed by atoms with Gasteiger partial charge in [0.1, 0.15) is 5.76 Å². The van der Waals surface area contributed by atoms with Gasteiger partial charge in [-0.15, -0.1) is 0 Å². The summed E-state index contributed by atoms with van der Waals surface area (Å²) in [7, 11) is 0. The van der Waals surface area contributed by atoms with E-state index in [4.69, 9.17) is 9.26 Å². The van der Waals surface area contributed by atoms with Crippen LogP contribution in [-0.2, 0) is 9.53 Å². The minimum absolute atomic E-state index is 0.283. The van der Waals surface area contributed by atoms with Gasteiger partial charge < -0.3 is 14.6 Å². The first-order chi connectivity index (χ1) is 9.54. The summed E-state index contributed by atoms with van der Waals surface area (Å²) in [6.07, 6.45) is 0. The van der Waals surface area contributed by atoms with Crippen LogP contribution in [0.4, 0.5) is 5.82 Å². The zero-order valence-electron chi connectivity index (χ0n) is 10.6. The number of esters is 1. The number of amides is 1. The number of aryl methyl sites for hydroxylation is 1. The molecule has 0 saturated heterocycles. The Kier molecular flexibility index (Phi) is 4.52. The van der Waals surface area contributed by atoms with Crippen molar-refractivity contribution in [3.05, 3.63) is 46.1 Å². The molecule has 0 bridgehead atoms. The Labute approximate surface area is 123 Å². The first kappa shape index (κ1) is 14.3. The predicted octanol–water partition coefficient (Wildman–Crippen LogP) is 2.54. The van der Waals surface area contributed by atoms with Gasteiger partial charge in [-0.2, -0.15) is 0 Å². The van der Waals surface area contributed by atoms with E-state index in [1.54, 1.807) is 37.3 Å². The second-order valence-corrected chi connectivity index (χ2v) is 4.87. The van der Waals surface area contributed by atoms with Gasteiger partial charge in [0.15, 0.2) is 12.4 Å². The van der Waals surface area contributed by atoms with Crippen molar-refractivity contribution in [1.29, 1.82) is 0 Å². The van der Waals surface area contributed by atoms with Crippen LogP contribution in [0.25, 0.3) is 0 Å². The number of rotatable bonds is 4. The average molecular weight is 339 g/mol. The molecule has 0 spiro atoms. The third-order valence-corrected chi connectivity index (χ3v) is 2.78. The molecule has 1 amide bonds. The number of benzene rings is 1. The lowest BCUT2D eigenvalue weighted by Gasteiger charge is -2.04. The molecule has 7 heteroatoms. The van der Waals surface area contributed by atoms with Gasteiger partial charge in [0, 0.05) is 10.5 Å². The van der Waals surface area contributed by atoms with E-state index in [-0.39, 0.29) is 5.82 Å². The van der Waals surface area contributed by atoms with Gasteiger partial charge in [0.05, 0.1) is 5.56 Å². The van der Waals surface area contributed by atoms with Gasteiger partial charge >= 0.3 is 5.97 Å². The molecule has 0 saturated carbocycles. The quantitative estimate of drug-likeness (QED) is 0.866. The number of ether oxygens (including phenoxy) is 1. The number of nitrogens with zero attached hydrogens (tertiary/aromatic N) is 1. The number of hydrogen-bond donors (Lipinski definition) is 1. The van der Waals surface area contributed by atoms with Crippen molar-refractivity contribution in [2.45, 2.75) is 6.92 Å². The van der Waals surface area contributed by atoms with E-state index in [9.17, 15) is 9.59 Å². The fourth-order valence-corrected chi connectivity index (χ4v) is 1.83. The van der Waals surface area contributed by atoms with Crippen LogP contribution < -0.4 is 5.32 Å². The van der Waals surface area contributed by atoms with Crippen LogP contribution in [0.15, 0.2) is 39.3 Å². The van der Waals surface area contributed by atoms with Crippen LogP contribution in [-0.4, -0.2) is 23.6 Å². The Hall–Kier alpha value is -2.15. The summed E-state index contributed by atoms with van der Waals surface area (Å²) in [4.78, 5) is 23.2. The molecule has 1 aromatic heterocycles. The highest BCUT2D eigenvalue weighted by Gasteiger charge is 2.11. The molecule has 0 fully saturated rings. The lowest BCUT2D eigenvalue weighted by atomic mass is 10.2. The van der Waals surface area contributed by atoms with E-state index in [0.29, 0.717) is 11.3 Å². The molecule has 1 heterocycles. The maximum atomic E-state index is 11.7. The van der Waals surface area contributed by atoms with E-state index < -0.39 is 18.5 Å². The largest absolute Gasteiger partial charge is 0.452 e. The third kappa shape index (κ3) is 3.92. The molecular weight excluding hydrogens is 328 g/mol. The topological polar surface area (TPSA) is 81.4 Å². The number of hydrogen-bond acceptors (Lipinski definition) is 5. The number of aromatic nitrogens is 1. The van der Waals surface area contributed by atoms with Gasteiger partial charge in [-0.3, -0.25) is 4.79 Å². The zero-order valence-corrected chi connectivity index (χ0v) is 12.1. The molecule has 104 valence electrons. The molecule has 0 aliphatic carbocycles. The molecule has 6 nitrogen and oxygen atoms in total. The van der Waals surface area contributed by atoms with Crippen LogP contribution >= 0.6 is 15.9 Å². The standard InChI is InChI=1S/C13H11BrN2O4/c1-8-5-11(16-20-8)15-12(17)7-19-13(18)9-3-2-4-10(14)6-9/h2-6H,7H2,1H3,(H,15,16,17). The summed E-state index contributed by atoms with van der Waals surface area (Å²) in [6, 6.07) is 8.27. The summed E-state index contributed by atoms with van der Waals surface area (Å²) in [5.41, 5.74) is 0.365. The maximum absolute atomic E-state index is 11.7. The van der Waals surface area contributed by atoms with Gasteiger partial charge in [-0.25, -0.2) is 4.79 Å². The summed E-state index contributed by atoms with van der Waals surface area (Å²) in [6.45, 7) is 1.31. The Balaban J connectivity index is 1.85. The van der Waals surface area contributed by atoms with Gasteiger partial charge in [0.25, 0.3) is 5.91 Å². The molecule has 0 atom stereocenters. The molecule has 20 heavy (non-hydrogen) atoms. The van der Waals surface area contributed by atoms with Crippen LogP contribution in [0.2, 0.25) is 0 Å². The van der Waals surface area contributed by atoms with Crippen LogP contribution in [0.3, 0.4) is 0 Å². The molecule has 0 aliphatic heterocycles. The second-order valence-electron chi connectivity index (χ2n) is 3.96. The summed E-state index contributed by atoms with van der Waals surface area (Å²) in [5, 5.41) is 6.05. The Morgan fingerprint density at radius 1 is 1.40 bits per heavy atom. The van der Waals surface area contributed by atoms with Gasteiger partial charge in [-0.05, 0) is 25.1 Å². The molecule has 2 rings (SSSR count). The number of anilines is 1. The summed E-state index contributed by atoms with van der Waals surface area (Å²) < 4.78 is 10.4. The monoisotopic (exact) mass is 338 g/mol. The first-order valence-electron chi connectivity index (χ1n) is 5.70. The number of nitrogens with one attached hydrogen (secondary N) is 1. The molecule has 0 radical (unpaired) electrons. The van der Waals surface area contributed by atoms with Crippen LogP contribution in [0.5, 0.6) is 0 Å². The van der Waals surface area contributed by atoms with Gasteiger partial charge in [0.2, 0.25) is 0 Å². The predicted molar refractivity (Wildman–Crippen MR) is 74.3 cm³/mol. The smallest absolute Gasteiger partial charge is 0.338 e. The average Bonchev–Trinajstić information content (AvgIpc) is 2.81. The Morgan fingerprint density at radius 3 is 2.85 bits per heavy atom. The zero-order chi connectivity index (χ0) is 14.5. The highest BCUT2D eigenvalue weighted by Crippen LogP contribution is 2.12. The van der Waals surface area contributed by atoms with Gasteiger partial charge in [-0.1, -0.05) is 27.2 Å². The van der Waals surface area contributed by atoms with E-state index in [0.717, 1.165) is 4.47 Å². The molecule has 0 aliphatic rings. The number of halogens is 1. The lowest BCUT2D eigenvalue weighted by molar-refractivity contribution is -0.119. The maximum Gasteiger partial charge on any atom is 0.338 e. The summed E-state index contributed by atoms with van der Waals surface area (Å²) in [5.74, 6) is -0.197. The van der Waals surface area contributed by atoms with Crippen molar-refractivity contribution in [2.75, 3.05) is 11.9 Å². The Bertz CT molecular complexity index is 639. The Morgan fingerprint density at radius 2 is 2.20 bits per heavy atom. The van der Waals surface area contributed by atoms with Crippen LogP contribution in [0, 0.1) is 6.92 Å². The molecular formula is C13H11BrN2O4. The highest BCUT2D eigenvalue weighted by molar-refractivity contribution is 9.10. The fraction of sp³-hybridized carbons (Fsp3) is 0.154. The van der Waals surface area contributed by atoms with Crippen molar-refractivity contribution in [3.63, 3.8) is 0 Å². The van der Waals surface area contributed by atoms with Crippen molar-refractivity contribution in [2.24, 2.45) is 0 Å². The minimum Gasteiger partial charge on any atom is -0.452 e. The van der Waals surface area contributed by atoms with E-state index in [1.165, 1.54) is 0 Å². The number of carbonyl (C=O) groups excluding carboxylic acids is 2. The SMILES string of the molecule is Cc1cc(NC(=O)COC(=O)c2cccc(Br)c2)no1. The lowest BCUT2D eigenvalue weighted by Crippen LogP contribution is -2.21. The van der Waals surface area contributed by atoms with Crippen molar-refractivity contribution >= 4 is 33.6 Å². The molecule has 1 N–H and O–H groups in total. The minimum atomic E-state index is -0.571. The molecule has 1 aromatic carbocycles. The second kappa shape index (κ2) is 6.33. The first-order valence-corrected chi connectivity index (χ1v) is 6.50. The fourth-order valence-electron chi connectivity index (χ4n) is 1.43. The van der Waals surface area contributed by atoms with Crippen LogP contribution in [0.1, 0.15) is 16.1 Å². The molecule has 0 unspecified atom stereocenters. The van der Waals surface area contributed by atoms with Crippen molar-refractivity contribution < 1.29 is 18.8 Å². The van der Waals surface area contributed by atoms with Crippen molar-refractivity contribution in [3.8, 4) is 0 Å². The van der Waals surface area contributed by atoms with E-state index in [2.05, 4.69) is 26.4 Å². The normalized spacial score (nSPS) is 10.1. The summed E-state index contributed by atoms with van der Waals surface area (Å²) >= 11 is 3.25. The third-order valence-electron chi connectivity index (χ3n) is 2.29. The number of carbonyl (C=O) groups is 2.